The van der Waals surface area contributed by atoms with E-state index in [1.54, 1.807) is 0 Å². The predicted molar refractivity (Wildman–Crippen MR) is 68.4 cm³/mol. The van der Waals surface area contributed by atoms with Crippen molar-refractivity contribution in [2.24, 2.45) is 5.92 Å². The van der Waals surface area contributed by atoms with Crippen LogP contribution in [0.15, 0.2) is 30.3 Å². The van der Waals surface area contributed by atoms with E-state index in [4.69, 9.17) is 5.11 Å². The van der Waals surface area contributed by atoms with Crippen LogP contribution in [0, 0.1) is 5.92 Å². The van der Waals surface area contributed by atoms with E-state index in [1.807, 2.05) is 30.3 Å². The first kappa shape index (κ1) is 12.8. The molecular formula is C15H18O3. The highest BCUT2D eigenvalue weighted by atomic mass is 16.4. The largest absolute Gasteiger partial charge is 0.475 e. The van der Waals surface area contributed by atoms with Gasteiger partial charge < -0.3 is 5.11 Å². The number of benzene rings is 1. The van der Waals surface area contributed by atoms with E-state index in [1.165, 1.54) is 0 Å². The molecule has 18 heavy (non-hydrogen) atoms. The third kappa shape index (κ3) is 2.05. The second-order valence-corrected chi connectivity index (χ2v) is 5.15. The molecular weight excluding hydrogens is 228 g/mol. The molecule has 0 heterocycles. The van der Waals surface area contributed by atoms with Gasteiger partial charge in [-0.05, 0) is 24.3 Å². The van der Waals surface area contributed by atoms with Crippen molar-refractivity contribution in [3.05, 3.63) is 35.9 Å². The normalized spacial score (nSPS) is 26.4. The first-order valence-electron chi connectivity index (χ1n) is 6.43. The van der Waals surface area contributed by atoms with Gasteiger partial charge in [-0.15, -0.1) is 0 Å². The lowest BCUT2D eigenvalue weighted by molar-refractivity contribution is -0.154. The number of hydrogen-bond acceptors (Lipinski definition) is 2. The fourth-order valence-corrected chi connectivity index (χ4v) is 3.05. The van der Waals surface area contributed by atoms with Gasteiger partial charge in [0.05, 0.1) is 5.41 Å². The second-order valence-electron chi connectivity index (χ2n) is 5.15. The zero-order chi connectivity index (χ0) is 13.2. The molecule has 0 aliphatic heterocycles. The number of carbonyl (C=O) groups is 2. The van der Waals surface area contributed by atoms with Gasteiger partial charge >= 0.3 is 5.97 Å². The van der Waals surface area contributed by atoms with Crippen LogP contribution in [-0.2, 0) is 15.0 Å². The number of ketones is 1. The maximum absolute atomic E-state index is 12.0. The zero-order valence-corrected chi connectivity index (χ0v) is 10.6. The molecule has 1 aromatic rings. The van der Waals surface area contributed by atoms with Crippen LogP contribution in [0.4, 0.5) is 0 Å². The van der Waals surface area contributed by atoms with Crippen LogP contribution in [0.25, 0.3) is 0 Å². The van der Waals surface area contributed by atoms with E-state index in [-0.39, 0.29) is 0 Å². The SMILES string of the molecule is CCCC1CC(C(=O)C(=O)O)(c2ccccc2)C1. The zero-order valence-electron chi connectivity index (χ0n) is 10.6. The average molecular weight is 246 g/mol. The third-order valence-electron chi connectivity index (χ3n) is 3.93. The van der Waals surface area contributed by atoms with E-state index in [0.717, 1.165) is 18.4 Å². The van der Waals surface area contributed by atoms with Crippen LogP contribution in [0.3, 0.4) is 0 Å². The molecule has 3 nitrogen and oxygen atoms in total. The lowest BCUT2D eigenvalue weighted by Crippen LogP contribution is -2.50. The topological polar surface area (TPSA) is 54.4 Å². The molecule has 0 atom stereocenters. The van der Waals surface area contributed by atoms with Gasteiger partial charge in [-0.3, -0.25) is 4.79 Å². The Kier molecular flexibility index (Phi) is 3.50. The summed E-state index contributed by atoms with van der Waals surface area (Å²) in [5.74, 6) is -1.48. The van der Waals surface area contributed by atoms with Crippen LogP contribution in [0.1, 0.15) is 38.2 Å². The van der Waals surface area contributed by atoms with E-state index in [0.29, 0.717) is 18.8 Å². The number of carbonyl (C=O) groups excluding carboxylic acids is 1. The Hall–Kier alpha value is -1.64. The van der Waals surface area contributed by atoms with Crippen molar-refractivity contribution in [2.75, 3.05) is 0 Å². The van der Waals surface area contributed by atoms with Crippen molar-refractivity contribution in [2.45, 2.75) is 38.0 Å². The fourth-order valence-electron chi connectivity index (χ4n) is 3.05. The minimum Gasteiger partial charge on any atom is -0.475 e. The molecule has 0 aromatic heterocycles. The fraction of sp³-hybridized carbons (Fsp3) is 0.467. The minimum absolute atomic E-state index is 0.485. The summed E-state index contributed by atoms with van der Waals surface area (Å²) in [4.78, 5) is 23.0. The Bertz CT molecular complexity index is 444. The minimum atomic E-state index is -1.31. The lowest BCUT2D eigenvalue weighted by atomic mass is 9.55. The van der Waals surface area contributed by atoms with Gasteiger partial charge in [-0.2, -0.15) is 0 Å². The molecule has 0 bridgehead atoms. The monoisotopic (exact) mass is 246 g/mol. The van der Waals surface area contributed by atoms with Crippen molar-refractivity contribution in [3.8, 4) is 0 Å². The van der Waals surface area contributed by atoms with Crippen LogP contribution in [0.2, 0.25) is 0 Å². The van der Waals surface area contributed by atoms with E-state index in [9.17, 15) is 9.59 Å². The molecule has 1 aliphatic carbocycles. The summed E-state index contributed by atoms with van der Waals surface area (Å²) in [6.07, 6.45) is 3.50. The number of Topliss-reactive ketones (excluding diaryl/α,β-unsaturated/α-hetero) is 1. The van der Waals surface area contributed by atoms with E-state index in [2.05, 4.69) is 6.92 Å². The van der Waals surface area contributed by atoms with Gasteiger partial charge in [0.15, 0.2) is 0 Å². The van der Waals surface area contributed by atoms with Crippen molar-refractivity contribution in [1.29, 1.82) is 0 Å². The molecule has 0 amide bonds. The second kappa shape index (κ2) is 4.92. The van der Waals surface area contributed by atoms with Crippen LogP contribution in [-0.4, -0.2) is 16.9 Å². The molecule has 96 valence electrons. The molecule has 0 saturated heterocycles. The number of hydrogen-bond donors (Lipinski definition) is 1. The molecule has 1 saturated carbocycles. The van der Waals surface area contributed by atoms with Gasteiger partial charge in [0, 0.05) is 0 Å². The Balaban J connectivity index is 2.27. The van der Waals surface area contributed by atoms with Gasteiger partial charge in [-0.25, -0.2) is 4.79 Å². The Labute approximate surface area is 107 Å². The summed E-state index contributed by atoms with van der Waals surface area (Å²) in [5, 5.41) is 9.01. The van der Waals surface area contributed by atoms with Crippen molar-refractivity contribution >= 4 is 11.8 Å². The summed E-state index contributed by atoms with van der Waals surface area (Å²) < 4.78 is 0. The molecule has 2 rings (SSSR count). The molecule has 1 N–H and O–H groups in total. The van der Waals surface area contributed by atoms with Crippen molar-refractivity contribution in [1.82, 2.24) is 0 Å². The van der Waals surface area contributed by atoms with Crippen LogP contribution in [0.5, 0.6) is 0 Å². The Morgan fingerprint density at radius 2 is 1.89 bits per heavy atom. The molecule has 1 aliphatic rings. The Morgan fingerprint density at radius 3 is 2.39 bits per heavy atom. The van der Waals surface area contributed by atoms with E-state index >= 15 is 0 Å². The highest BCUT2D eigenvalue weighted by molar-refractivity contribution is 6.36. The number of carboxylic acid groups (broad SMARTS) is 1. The van der Waals surface area contributed by atoms with E-state index < -0.39 is 17.2 Å². The molecule has 1 aromatic carbocycles. The summed E-state index contributed by atoms with van der Waals surface area (Å²) in [6, 6.07) is 9.33. The maximum atomic E-state index is 12.0. The average Bonchev–Trinajstić information content (AvgIpc) is 2.33. The third-order valence-corrected chi connectivity index (χ3v) is 3.93. The lowest BCUT2D eigenvalue weighted by Gasteiger charge is -2.46. The number of rotatable bonds is 5. The van der Waals surface area contributed by atoms with Gasteiger partial charge in [0.2, 0.25) is 5.78 Å². The summed E-state index contributed by atoms with van der Waals surface area (Å²) in [7, 11) is 0. The molecule has 0 radical (unpaired) electrons. The highest BCUT2D eigenvalue weighted by Crippen LogP contribution is 2.50. The van der Waals surface area contributed by atoms with Gasteiger partial charge in [-0.1, -0.05) is 50.1 Å². The van der Waals surface area contributed by atoms with Crippen molar-refractivity contribution in [3.63, 3.8) is 0 Å². The first-order valence-corrected chi connectivity index (χ1v) is 6.43. The molecule has 3 heteroatoms. The van der Waals surface area contributed by atoms with Crippen molar-refractivity contribution < 1.29 is 14.7 Å². The van der Waals surface area contributed by atoms with Crippen LogP contribution < -0.4 is 0 Å². The Morgan fingerprint density at radius 1 is 1.28 bits per heavy atom. The highest BCUT2D eigenvalue weighted by Gasteiger charge is 2.52. The summed E-state index contributed by atoms with van der Waals surface area (Å²) in [6.45, 7) is 2.11. The standard InChI is InChI=1S/C15H18O3/c1-2-6-11-9-15(10-11,13(16)14(17)18)12-7-4-3-5-8-12/h3-5,7-8,11H,2,6,9-10H2,1H3,(H,17,18). The molecule has 0 unspecified atom stereocenters. The van der Waals surface area contributed by atoms with Gasteiger partial charge in [0.25, 0.3) is 0 Å². The quantitative estimate of drug-likeness (QED) is 0.813. The van der Waals surface area contributed by atoms with Gasteiger partial charge in [0.1, 0.15) is 0 Å². The summed E-state index contributed by atoms with van der Waals surface area (Å²) >= 11 is 0. The molecule has 1 fully saturated rings. The first-order chi connectivity index (χ1) is 8.60. The maximum Gasteiger partial charge on any atom is 0.373 e. The predicted octanol–water partition coefficient (Wildman–Crippen LogP) is 2.79. The number of carboxylic acids is 1. The number of aliphatic carboxylic acids is 1. The molecule has 0 spiro atoms. The van der Waals surface area contributed by atoms with Crippen LogP contribution >= 0.6 is 0 Å². The smallest absolute Gasteiger partial charge is 0.373 e. The summed E-state index contributed by atoms with van der Waals surface area (Å²) in [5.41, 5.74) is 0.0807.